The topological polar surface area (TPSA) is 63.0 Å². The molecule has 0 saturated heterocycles. The number of imidazole rings is 1. The van der Waals surface area contributed by atoms with Crippen LogP contribution in [0.25, 0.3) is 5.65 Å². The molecule has 3 aromatic rings. The highest BCUT2D eigenvalue weighted by molar-refractivity contribution is 5.79. The van der Waals surface area contributed by atoms with Crippen molar-refractivity contribution in [3.05, 3.63) is 71.2 Å². The largest absolute Gasteiger partial charge is 0.411 e. The van der Waals surface area contributed by atoms with Crippen LogP contribution >= 0.6 is 0 Å². The van der Waals surface area contributed by atoms with Crippen molar-refractivity contribution < 1.29 is 17.9 Å². The first-order valence-corrected chi connectivity index (χ1v) is 10.5. The molecule has 0 amide bonds. The maximum atomic E-state index is 12.2. The fraction of sp³-hybridized carbons (Fsp3) is 0.391. The lowest BCUT2D eigenvalue weighted by atomic mass is 10.1. The van der Waals surface area contributed by atoms with Crippen LogP contribution in [0.3, 0.4) is 0 Å². The van der Waals surface area contributed by atoms with Gasteiger partial charge in [-0.05, 0) is 36.6 Å². The number of aryl methyl sites for hydroxylation is 1. The van der Waals surface area contributed by atoms with Crippen molar-refractivity contribution in [2.45, 2.75) is 39.6 Å². The monoisotopic (exact) mass is 447 g/mol. The van der Waals surface area contributed by atoms with Gasteiger partial charge in [-0.15, -0.1) is 0 Å². The number of ether oxygens (including phenoxy) is 1. The second kappa shape index (κ2) is 11.0. The van der Waals surface area contributed by atoms with Gasteiger partial charge in [-0.3, -0.25) is 0 Å². The molecular weight excluding hydrogens is 419 g/mol. The Bertz CT molecular complexity index is 1030. The van der Waals surface area contributed by atoms with E-state index in [1.54, 1.807) is 12.1 Å². The van der Waals surface area contributed by atoms with Crippen LogP contribution in [0.4, 0.5) is 13.2 Å². The fourth-order valence-corrected chi connectivity index (χ4v) is 3.17. The summed E-state index contributed by atoms with van der Waals surface area (Å²) in [5.41, 5.74) is 4.76. The van der Waals surface area contributed by atoms with Gasteiger partial charge in [-0.1, -0.05) is 30.3 Å². The molecule has 32 heavy (non-hydrogen) atoms. The third-order valence-electron chi connectivity index (χ3n) is 4.72. The number of hydrogen-bond acceptors (Lipinski definition) is 3. The summed E-state index contributed by atoms with van der Waals surface area (Å²) in [6.45, 7) is 4.59. The first-order chi connectivity index (χ1) is 15.3. The van der Waals surface area contributed by atoms with Crippen molar-refractivity contribution in [3.63, 3.8) is 0 Å². The normalized spacial score (nSPS) is 12.3. The molecule has 0 aliphatic heterocycles. The second-order valence-electron chi connectivity index (χ2n) is 7.45. The Balaban J connectivity index is 1.50. The second-order valence-corrected chi connectivity index (χ2v) is 7.45. The summed E-state index contributed by atoms with van der Waals surface area (Å²) in [6.07, 6.45) is 0.478. The first kappa shape index (κ1) is 23.6. The van der Waals surface area contributed by atoms with E-state index >= 15 is 0 Å². The molecule has 2 aromatic heterocycles. The Labute approximate surface area is 185 Å². The minimum absolute atomic E-state index is 0.0736. The molecule has 0 atom stereocenters. The summed E-state index contributed by atoms with van der Waals surface area (Å²) in [5.74, 6) is 0.699. The van der Waals surface area contributed by atoms with Gasteiger partial charge >= 0.3 is 6.18 Å². The zero-order chi connectivity index (χ0) is 23.0. The summed E-state index contributed by atoms with van der Waals surface area (Å²) >= 11 is 0. The lowest BCUT2D eigenvalue weighted by Gasteiger charge is -2.11. The predicted octanol–water partition coefficient (Wildman–Crippen LogP) is 4.02. The molecule has 3 rings (SSSR count). The van der Waals surface area contributed by atoms with Crippen molar-refractivity contribution in [2.75, 3.05) is 19.7 Å². The standard InChI is InChI=1S/C23H28F3N5O/c1-3-27-22(28-11-10-20-14-31-12-4-5-17(2)21(31)30-20)29-13-18-6-8-19(9-7-18)15-32-16-23(24,25)26/h4-9,12,14H,3,10-11,13,15-16H2,1-2H3,(H2,27,28,29). The van der Waals surface area contributed by atoms with Gasteiger partial charge in [0.05, 0.1) is 18.8 Å². The van der Waals surface area contributed by atoms with E-state index in [1.807, 2.05) is 54.9 Å². The van der Waals surface area contributed by atoms with E-state index in [9.17, 15) is 13.2 Å². The minimum Gasteiger partial charge on any atom is -0.367 e. The highest BCUT2D eigenvalue weighted by Gasteiger charge is 2.27. The zero-order valence-corrected chi connectivity index (χ0v) is 18.2. The minimum atomic E-state index is -4.31. The molecule has 2 heterocycles. The van der Waals surface area contributed by atoms with Crippen molar-refractivity contribution in [3.8, 4) is 0 Å². The maximum absolute atomic E-state index is 12.2. The van der Waals surface area contributed by atoms with Crippen LogP contribution in [0.15, 0.2) is 53.8 Å². The molecule has 0 aliphatic carbocycles. The van der Waals surface area contributed by atoms with Gasteiger partial charge in [0.15, 0.2) is 5.96 Å². The quantitative estimate of drug-likeness (QED) is 0.384. The number of alkyl halides is 3. The van der Waals surface area contributed by atoms with Gasteiger partial charge in [0.1, 0.15) is 12.3 Å². The summed E-state index contributed by atoms with van der Waals surface area (Å²) < 4.78 is 43.2. The Kier molecular flexibility index (Phi) is 8.10. The summed E-state index contributed by atoms with van der Waals surface area (Å²) in [5, 5.41) is 6.53. The molecule has 0 spiro atoms. The number of halogens is 3. The van der Waals surface area contributed by atoms with E-state index in [2.05, 4.69) is 25.3 Å². The Hall–Kier alpha value is -3.07. The van der Waals surface area contributed by atoms with Crippen LogP contribution in [-0.4, -0.2) is 41.2 Å². The average molecular weight is 448 g/mol. The number of aromatic nitrogens is 2. The molecule has 172 valence electrons. The molecule has 9 heteroatoms. The van der Waals surface area contributed by atoms with E-state index in [0.717, 1.165) is 35.4 Å². The van der Waals surface area contributed by atoms with Gasteiger partial charge in [-0.25, -0.2) is 9.98 Å². The number of guanidine groups is 1. The highest BCUT2D eigenvalue weighted by atomic mass is 19.4. The summed E-state index contributed by atoms with van der Waals surface area (Å²) in [6, 6.07) is 11.3. The lowest BCUT2D eigenvalue weighted by molar-refractivity contribution is -0.176. The smallest absolute Gasteiger partial charge is 0.367 e. The van der Waals surface area contributed by atoms with Crippen molar-refractivity contribution in [1.29, 1.82) is 0 Å². The van der Waals surface area contributed by atoms with E-state index in [1.165, 1.54) is 0 Å². The van der Waals surface area contributed by atoms with Crippen molar-refractivity contribution in [1.82, 2.24) is 20.0 Å². The zero-order valence-electron chi connectivity index (χ0n) is 18.2. The molecule has 0 radical (unpaired) electrons. The molecule has 0 aliphatic rings. The number of hydrogen-bond donors (Lipinski definition) is 2. The molecule has 0 bridgehead atoms. The van der Waals surface area contributed by atoms with Crippen LogP contribution in [0.5, 0.6) is 0 Å². The van der Waals surface area contributed by atoms with E-state index in [4.69, 9.17) is 0 Å². The average Bonchev–Trinajstić information content (AvgIpc) is 3.16. The number of aliphatic imine (C=N–C) groups is 1. The molecule has 0 unspecified atom stereocenters. The molecular formula is C23H28F3N5O. The third kappa shape index (κ3) is 7.26. The SMILES string of the molecule is CCNC(=NCc1ccc(COCC(F)(F)F)cc1)NCCc1cn2cccc(C)c2n1. The van der Waals surface area contributed by atoms with E-state index < -0.39 is 12.8 Å². The number of benzene rings is 1. The molecule has 0 fully saturated rings. The van der Waals surface area contributed by atoms with E-state index in [0.29, 0.717) is 24.6 Å². The van der Waals surface area contributed by atoms with Gasteiger partial charge in [0.2, 0.25) is 0 Å². The molecule has 2 N–H and O–H groups in total. The van der Waals surface area contributed by atoms with Gasteiger partial charge in [-0.2, -0.15) is 13.2 Å². The summed E-state index contributed by atoms with van der Waals surface area (Å²) in [7, 11) is 0. The summed E-state index contributed by atoms with van der Waals surface area (Å²) in [4.78, 5) is 9.27. The van der Waals surface area contributed by atoms with Crippen molar-refractivity contribution in [2.24, 2.45) is 4.99 Å². The van der Waals surface area contributed by atoms with Crippen LogP contribution in [-0.2, 0) is 24.3 Å². The van der Waals surface area contributed by atoms with Crippen LogP contribution < -0.4 is 10.6 Å². The fourth-order valence-electron chi connectivity index (χ4n) is 3.17. The Morgan fingerprint density at radius 3 is 2.56 bits per heavy atom. The number of nitrogens with one attached hydrogen (secondary N) is 2. The molecule has 0 saturated carbocycles. The molecule has 1 aromatic carbocycles. The highest BCUT2D eigenvalue weighted by Crippen LogP contribution is 2.16. The van der Waals surface area contributed by atoms with Crippen molar-refractivity contribution >= 4 is 11.6 Å². The lowest BCUT2D eigenvalue weighted by Crippen LogP contribution is -2.38. The Morgan fingerprint density at radius 1 is 1.12 bits per heavy atom. The number of pyridine rings is 1. The van der Waals surface area contributed by atoms with Gasteiger partial charge < -0.3 is 19.8 Å². The first-order valence-electron chi connectivity index (χ1n) is 10.5. The number of nitrogens with zero attached hydrogens (tertiary/aromatic N) is 3. The number of rotatable bonds is 9. The van der Waals surface area contributed by atoms with E-state index in [-0.39, 0.29) is 6.61 Å². The van der Waals surface area contributed by atoms with Crippen LogP contribution in [0, 0.1) is 6.92 Å². The maximum Gasteiger partial charge on any atom is 0.411 e. The number of fused-ring (bicyclic) bond motifs is 1. The van der Waals surface area contributed by atoms with Gasteiger partial charge in [0.25, 0.3) is 0 Å². The molecule has 6 nitrogen and oxygen atoms in total. The van der Waals surface area contributed by atoms with Crippen LogP contribution in [0.1, 0.15) is 29.3 Å². The van der Waals surface area contributed by atoms with Gasteiger partial charge in [0, 0.05) is 31.9 Å². The third-order valence-corrected chi connectivity index (χ3v) is 4.72. The van der Waals surface area contributed by atoms with Crippen LogP contribution in [0.2, 0.25) is 0 Å². The Morgan fingerprint density at radius 2 is 1.88 bits per heavy atom. The predicted molar refractivity (Wildman–Crippen MR) is 119 cm³/mol.